The van der Waals surface area contributed by atoms with Gasteiger partial charge in [0, 0.05) is 50.5 Å². The van der Waals surface area contributed by atoms with Crippen LogP contribution in [0.2, 0.25) is 0 Å². The Balaban J connectivity index is 1.46. The summed E-state index contributed by atoms with van der Waals surface area (Å²) in [4.78, 5) is 29.4. The Hall–Kier alpha value is -3.01. The third-order valence-electron chi connectivity index (χ3n) is 6.21. The molecular weight excluding hydrogens is 408 g/mol. The first-order valence-corrected chi connectivity index (χ1v) is 12.2. The van der Waals surface area contributed by atoms with Gasteiger partial charge in [-0.3, -0.25) is 9.59 Å². The minimum absolute atomic E-state index is 0.227. The van der Waals surface area contributed by atoms with Crippen LogP contribution < -0.4 is 0 Å². The van der Waals surface area contributed by atoms with Crippen LogP contribution in [0.3, 0.4) is 0 Å². The average molecular weight is 445 g/mol. The molecule has 0 spiro atoms. The highest BCUT2D eigenvalue weighted by molar-refractivity contribution is 5.81. The number of rotatable bonds is 13. The second-order valence-corrected chi connectivity index (χ2v) is 9.05. The smallest absolute Gasteiger partial charge is 0.137 e. The predicted octanol–water partition coefficient (Wildman–Crippen LogP) is 5.91. The number of ketones is 2. The Bertz CT molecular complexity index is 1030. The van der Waals surface area contributed by atoms with Gasteiger partial charge in [0.15, 0.2) is 0 Å². The van der Waals surface area contributed by atoms with Crippen molar-refractivity contribution in [2.24, 2.45) is 0 Å². The van der Waals surface area contributed by atoms with Gasteiger partial charge in [0.25, 0.3) is 0 Å². The second-order valence-electron chi connectivity index (χ2n) is 9.05. The van der Waals surface area contributed by atoms with Crippen molar-refractivity contribution in [3.05, 3.63) is 89.0 Å². The van der Waals surface area contributed by atoms with Crippen LogP contribution in [0.1, 0.15) is 74.2 Å². The van der Waals surface area contributed by atoms with E-state index in [1.165, 1.54) is 11.1 Å². The summed E-state index contributed by atoms with van der Waals surface area (Å²) >= 11 is 0. The van der Waals surface area contributed by atoms with Crippen molar-refractivity contribution in [3.63, 3.8) is 0 Å². The SMILES string of the molecule is CCn1c(CCC(=O)CCc2ccc(C(C)C)cc2)cnc1CCC(=O)Cc1ccccc1. The van der Waals surface area contributed by atoms with Gasteiger partial charge in [-0.1, -0.05) is 68.4 Å². The van der Waals surface area contributed by atoms with E-state index in [4.69, 9.17) is 0 Å². The highest BCUT2D eigenvalue weighted by Crippen LogP contribution is 2.16. The molecule has 0 atom stereocenters. The van der Waals surface area contributed by atoms with Gasteiger partial charge in [-0.2, -0.15) is 0 Å². The third kappa shape index (κ3) is 7.52. The average Bonchev–Trinajstić information content (AvgIpc) is 3.22. The van der Waals surface area contributed by atoms with Crippen molar-refractivity contribution < 1.29 is 9.59 Å². The minimum atomic E-state index is 0.227. The molecule has 0 unspecified atom stereocenters. The highest BCUT2D eigenvalue weighted by Gasteiger charge is 2.13. The van der Waals surface area contributed by atoms with Crippen LogP contribution in [0, 0.1) is 0 Å². The van der Waals surface area contributed by atoms with Crippen molar-refractivity contribution in [3.8, 4) is 0 Å². The monoisotopic (exact) mass is 444 g/mol. The maximum atomic E-state index is 12.5. The number of imidazole rings is 1. The predicted molar refractivity (Wildman–Crippen MR) is 134 cm³/mol. The summed E-state index contributed by atoms with van der Waals surface area (Å²) in [6.07, 6.45) is 6.06. The summed E-state index contributed by atoms with van der Waals surface area (Å²) in [5.41, 5.74) is 4.68. The van der Waals surface area contributed by atoms with E-state index in [-0.39, 0.29) is 11.6 Å². The Kier molecular flexibility index (Phi) is 9.17. The van der Waals surface area contributed by atoms with Crippen molar-refractivity contribution in [1.82, 2.24) is 9.55 Å². The lowest BCUT2D eigenvalue weighted by molar-refractivity contribution is -0.119. The molecule has 1 heterocycles. The van der Waals surface area contributed by atoms with Crippen LogP contribution >= 0.6 is 0 Å². The number of aryl methyl sites for hydroxylation is 3. The number of carbonyl (C=O) groups excluding carboxylic acids is 2. The normalized spacial score (nSPS) is 11.2. The molecule has 0 saturated heterocycles. The van der Waals surface area contributed by atoms with Crippen molar-refractivity contribution in [2.75, 3.05) is 0 Å². The Morgan fingerprint density at radius 3 is 2.15 bits per heavy atom. The summed E-state index contributed by atoms with van der Waals surface area (Å²) in [5.74, 6) is 1.97. The summed E-state index contributed by atoms with van der Waals surface area (Å²) in [6, 6.07) is 18.5. The first-order valence-electron chi connectivity index (χ1n) is 12.2. The van der Waals surface area contributed by atoms with Gasteiger partial charge in [0.2, 0.25) is 0 Å². The van der Waals surface area contributed by atoms with Crippen molar-refractivity contribution in [2.45, 2.75) is 78.2 Å². The minimum Gasteiger partial charge on any atom is -0.332 e. The number of nitrogens with zero attached hydrogens (tertiary/aromatic N) is 2. The van der Waals surface area contributed by atoms with Gasteiger partial charge in [0.05, 0.1) is 0 Å². The third-order valence-corrected chi connectivity index (χ3v) is 6.21. The number of hydrogen-bond donors (Lipinski definition) is 0. The summed E-state index contributed by atoms with van der Waals surface area (Å²) in [7, 11) is 0. The zero-order chi connectivity index (χ0) is 23.6. The van der Waals surface area contributed by atoms with Crippen LogP contribution in [-0.2, 0) is 41.8 Å². The maximum Gasteiger partial charge on any atom is 0.137 e. The second kappa shape index (κ2) is 12.3. The van der Waals surface area contributed by atoms with Crippen LogP contribution in [0.25, 0.3) is 0 Å². The Morgan fingerprint density at radius 2 is 1.48 bits per heavy atom. The molecular formula is C29H36N2O2. The number of aromatic nitrogens is 2. The molecule has 2 aromatic carbocycles. The zero-order valence-electron chi connectivity index (χ0n) is 20.2. The van der Waals surface area contributed by atoms with Gasteiger partial charge < -0.3 is 4.57 Å². The topological polar surface area (TPSA) is 52.0 Å². The van der Waals surface area contributed by atoms with E-state index in [1.54, 1.807) is 0 Å². The number of benzene rings is 2. The highest BCUT2D eigenvalue weighted by atomic mass is 16.1. The summed E-state index contributed by atoms with van der Waals surface area (Å²) in [6.45, 7) is 7.26. The molecule has 0 aliphatic rings. The number of Topliss-reactive ketones (excluding diaryl/α,β-unsaturated/α-hetero) is 2. The quantitative estimate of drug-likeness (QED) is 0.329. The van der Waals surface area contributed by atoms with E-state index in [2.05, 4.69) is 54.6 Å². The maximum absolute atomic E-state index is 12.5. The zero-order valence-corrected chi connectivity index (χ0v) is 20.2. The van der Waals surface area contributed by atoms with Crippen molar-refractivity contribution >= 4 is 11.6 Å². The van der Waals surface area contributed by atoms with Gasteiger partial charge in [-0.25, -0.2) is 4.98 Å². The van der Waals surface area contributed by atoms with E-state index < -0.39 is 0 Å². The molecule has 0 aliphatic carbocycles. The molecule has 4 heteroatoms. The Morgan fingerprint density at radius 1 is 0.818 bits per heavy atom. The molecule has 1 aromatic heterocycles. The molecule has 3 rings (SSSR count). The lowest BCUT2D eigenvalue weighted by Gasteiger charge is -2.10. The molecule has 174 valence electrons. The van der Waals surface area contributed by atoms with Crippen LogP contribution in [0.4, 0.5) is 0 Å². The molecule has 4 nitrogen and oxygen atoms in total. The van der Waals surface area contributed by atoms with E-state index in [1.807, 2.05) is 36.5 Å². The summed E-state index contributed by atoms with van der Waals surface area (Å²) in [5, 5.41) is 0. The van der Waals surface area contributed by atoms with Crippen molar-refractivity contribution in [1.29, 1.82) is 0 Å². The lowest BCUT2D eigenvalue weighted by atomic mass is 9.99. The van der Waals surface area contributed by atoms with E-state index >= 15 is 0 Å². The van der Waals surface area contributed by atoms with Gasteiger partial charge in [-0.05, 0) is 42.4 Å². The van der Waals surface area contributed by atoms with Gasteiger partial charge in [-0.15, -0.1) is 0 Å². The number of carbonyl (C=O) groups is 2. The van der Waals surface area contributed by atoms with Crippen LogP contribution in [0.5, 0.6) is 0 Å². The lowest BCUT2D eigenvalue weighted by Crippen LogP contribution is -2.11. The molecule has 0 saturated carbocycles. The standard InChI is InChI=1S/C29H36N2O2/c1-4-31-26(15-17-27(32)16-12-23-10-13-25(14-11-23)22(2)3)21-30-29(31)19-18-28(33)20-24-8-6-5-7-9-24/h5-11,13-14,21-22H,4,12,15-20H2,1-3H3. The van der Waals surface area contributed by atoms with E-state index in [9.17, 15) is 9.59 Å². The molecule has 0 amide bonds. The molecule has 3 aromatic rings. The molecule has 33 heavy (non-hydrogen) atoms. The first-order chi connectivity index (χ1) is 16.0. The molecule has 0 N–H and O–H groups in total. The fourth-order valence-corrected chi connectivity index (χ4v) is 4.15. The van der Waals surface area contributed by atoms with Gasteiger partial charge >= 0.3 is 0 Å². The molecule has 0 fully saturated rings. The van der Waals surface area contributed by atoms with Crippen LogP contribution in [-0.4, -0.2) is 21.1 Å². The molecule has 0 bridgehead atoms. The van der Waals surface area contributed by atoms with Gasteiger partial charge in [0.1, 0.15) is 17.4 Å². The van der Waals surface area contributed by atoms with E-state index in [0.717, 1.165) is 30.0 Å². The first kappa shape index (κ1) is 24.6. The molecule has 0 aliphatic heterocycles. The van der Waals surface area contributed by atoms with Crippen LogP contribution in [0.15, 0.2) is 60.8 Å². The number of hydrogen-bond acceptors (Lipinski definition) is 3. The largest absolute Gasteiger partial charge is 0.332 e. The summed E-state index contributed by atoms with van der Waals surface area (Å²) < 4.78 is 2.16. The Labute approximate surface area is 198 Å². The fourth-order valence-electron chi connectivity index (χ4n) is 4.15. The van der Waals surface area contributed by atoms with E-state index in [0.29, 0.717) is 44.4 Å². The fraction of sp³-hybridized carbons (Fsp3) is 0.414. The molecule has 0 radical (unpaired) electrons.